The van der Waals surface area contributed by atoms with Crippen LogP contribution in [-0.4, -0.2) is 46.0 Å². The van der Waals surface area contributed by atoms with Crippen molar-refractivity contribution in [2.45, 2.75) is 56.9 Å². The molecule has 0 bridgehead atoms. The number of phenols is 1. The molecule has 0 aliphatic heterocycles. The number of nitrogens with one attached hydrogen (secondary N) is 3. The minimum Gasteiger partial charge on any atom is -0.508 e. The molecule has 0 radical (unpaired) electrons. The summed E-state index contributed by atoms with van der Waals surface area (Å²) in [7, 11) is 0. The third kappa shape index (κ3) is 9.25. The van der Waals surface area contributed by atoms with Crippen LogP contribution in [0.3, 0.4) is 0 Å². The van der Waals surface area contributed by atoms with E-state index in [9.17, 15) is 45.8 Å². The average molecular weight is 665 g/mol. The summed E-state index contributed by atoms with van der Waals surface area (Å²) >= 11 is 0. The summed E-state index contributed by atoms with van der Waals surface area (Å²) < 4.78 is 85.0. The van der Waals surface area contributed by atoms with E-state index in [1.807, 2.05) is 0 Å². The molecule has 6 N–H and O–H groups in total. The molecule has 3 aromatic carbocycles. The predicted octanol–water partition coefficient (Wildman–Crippen LogP) is 4.76. The zero-order valence-corrected chi connectivity index (χ0v) is 24.7. The molecule has 0 saturated heterocycles. The fourth-order valence-electron chi connectivity index (χ4n) is 4.73. The minimum absolute atomic E-state index is 0.0265. The number of nitrogens with two attached hydrogens (primary N) is 1. The molecule has 0 aliphatic carbocycles. The number of fused-ring (bicyclic) bond motifs is 1. The van der Waals surface area contributed by atoms with Gasteiger partial charge in [-0.3, -0.25) is 9.59 Å². The molecular formula is C32H30F6N4O5. The third-order valence-corrected chi connectivity index (χ3v) is 7.21. The Hall–Kier alpha value is -5.05. The SMILES string of the molecule is C[C@@H](NC(=O)[C@@H](N)Cc1ccc(O)cc1)C(=O)N[C@@H](Cc1c[nH]c2ccccc12)C(=O)OCc1cc(C(F)(F)F)cc(C(F)(F)F)c1. The van der Waals surface area contributed by atoms with Crippen molar-refractivity contribution in [3.8, 4) is 5.75 Å². The van der Waals surface area contributed by atoms with Gasteiger partial charge in [-0.05, 0) is 66.4 Å². The zero-order chi connectivity index (χ0) is 34.5. The Balaban J connectivity index is 1.50. The van der Waals surface area contributed by atoms with E-state index in [4.69, 9.17) is 10.5 Å². The number of benzene rings is 3. The highest BCUT2D eigenvalue weighted by Crippen LogP contribution is 2.36. The van der Waals surface area contributed by atoms with E-state index in [0.717, 1.165) is 0 Å². The minimum atomic E-state index is -5.10. The Labute approximate surface area is 264 Å². The van der Waals surface area contributed by atoms with Crippen LogP contribution in [0.2, 0.25) is 0 Å². The van der Waals surface area contributed by atoms with Crippen molar-refractivity contribution in [3.05, 3.63) is 101 Å². The zero-order valence-electron chi connectivity index (χ0n) is 24.7. The lowest BCUT2D eigenvalue weighted by atomic mass is 10.0. The molecule has 15 heteroatoms. The number of rotatable bonds is 11. The van der Waals surface area contributed by atoms with Crippen LogP contribution in [0.25, 0.3) is 10.9 Å². The van der Waals surface area contributed by atoms with Crippen molar-refractivity contribution in [1.29, 1.82) is 0 Å². The standard InChI is InChI=1S/C32H30F6N4O5/c1-17(41-29(45)25(39)12-18-6-8-23(43)9-7-18)28(44)42-27(13-20-15-40-26-5-3-2-4-24(20)26)30(46)47-16-19-10-21(31(33,34)35)14-22(11-19)32(36,37)38/h2-11,14-15,17,25,27,40,43H,12-13,16,39H2,1H3,(H,41,45)(H,42,44)/t17-,25+,27+/m1/s1. The molecule has 47 heavy (non-hydrogen) atoms. The fourth-order valence-corrected chi connectivity index (χ4v) is 4.73. The van der Waals surface area contributed by atoms with E-state index in [1.165, 1.54) is 19.1 Å². The number of hydrogen-bond donors (Lipinski definition) is 5. The lowest BCUT2D eigenvalue weighted by Gasteiger charge is -2.22. The topological polar surface area (TPSA) is 147 Å². The van der Waals surface area contributed by atoms with Crippen molar-refractivity contribution in [3.63, 3.8) is 0 Å². The maximum absolute atomic E-state index is 13.3. The number of amides is 2. The number of aromatic hydroxyl groups is 1. The molecule has 3 atom stereocenters. The first-order chi connectivity index (χ1) is 22.0. The molecular weight excluding hydrogens is 634 g/mol. The van der Waals surface area contributed by atoms with Crippen LogP contribution in [0.4, 0.5) is 26.3 Å². The van der Waals surface area contributed by atoms with Crippen molar-refractivity contribution in [2.75, 3.05) is 0 Å². The Bertz CT molecular complexity index is 1700. The number of aromatic nitrogens is 1. The summed E-state index contributed by atoms with van der Waals surface area (Å²) in [6.07, 6.45) is -8.71. The molecule has 9 nitrogen and oxygen atoms in total. The number of ether oxygens (including phenoxy) is 1. The Morgan fingerprint density at radius 1 is 0.851 bits per heavy atom. The fraction of sp³-hybridized carbons (Fsp3) is 0.281. The number of halogens is 6. The Kier molecular flexibility index (Phi) is 10.5. The molecule has 1 heterocycles. The summed E-state index contributed by atoms with van der Waals surface area (Å²) in [5.74, 6) is -2.65. The van der Waals surface area contributed by atoms with Crippen molar-refractivity contribution < 1.29 is 50.6 Å². The molecule has 0 aliphatic rings. The highest BCUT2D eigenvalue weighted by atomic mass is 19.4. The van der Waals surface area contributed by atoms with Gasteiger partial charge in [0.15, 0.2) is 0 Å². The average Bonchev–Trinajstić information content (AvgIpc) is 3.42. The summed E-state index contributed by atoms with van der Waals surface area (Å²) in [5, 5.41) is 15.0. The summed E-state index contributed by atoms with van der Waals surface area (Å²) in [6.45, 7) is 0.375. The van der Waals surface area contributed by atoms with Gasteiger partial charge < -0.3 is 31.2 Å². The van der Waals surface area contributed by atoms with Crippen molar-refractivity contribution in [2.24, 2.45) is 5.73 Å². The lowest BCUT2D eigenvalue weighted by Crippen LogP contribution is -2.54. The predicted molar refractivity (Wildman–Crippen MR) is 158 cm³/mol. The monoisotopic (exact) mass is 664 g/mol. The van der Waals surface area contributed by atoms with Gasteiger partial charge in [-0.1, -0.05) is 30.3 Å². The molecule has 4 aromatic rings. The number of esters is 1. The lowest BCUT2D eigenvalue weighted by molar-refractivity contribution is -0.149. The molecule has 0 spiro atoms. The summed E-state index contributed by atoms with van der Waals surface area (Å²) in [4.78, 5) is 42.1. The quantitative estimate of drug-likeness (QED) is 0.116. The number of alkyl halides is 6. The number of hydrogen-bond acceptors (Lipinski definition) is 6. The van der Waals surface area contributed by atoms with Gasteiger partial charge in [-0.25, -0.2) is 4.79 Å². The van der Waals surface area contributed by atoms with Gasteiger partial charge in [-0.2, -0.15) is 26.3 Å². The van der Waals surface area contributed by atoms with E-state index in [2.05, 4.69) is 15.6 Å². The number of carbonyl (C=O) groups is 3. The molecule has 4 rings (SSSR count). The second-order valence-electron chi connectivity index (χ2n) is 10.9. The number of phenolic OH excluding ortho intramolecular Hbond substituents is 1. The highest BCUT2D eigenvalue weighted by Gasteiger charge is 2.37. The van der Waals surface area contributed by atoms with E-state index in [1.54, 1.807) is 42.6 Å². The van der Waals surface area contributed by atoms with Crippen LogP contribution in [0.5, 0.6) is 5.75 Å². The first-order valence-corrected chi connectivity index (χ1v) is 14.2. The van der Waals surface area contributed by atoms with Gasteiger partial charge in [0.2, 0.25) is 11.8 Å². The smallest absolute Gasteiger partial charge is 0.416 e. The second kappa shape index (κ2) is 14.2. The van der Waals surface area contributed by atoms with E-state index in [-0.39, 0.29) is 24.7 Å². The maximum atomic E-state index is 13.3. The number of carbonyl (C=O) groups excluding carboxylic acids is 3. The maximum Gasteiger partial charge on any atom is 0.416 e. The Morgan fingerprint density at radius 3 is 2.09 bits per heavy atom. The van der Waals surface area contributed by atoms with Gasteiger partial charge in [0.05, 0.1) is 17.2 Å². The third-order valence-electron chi connectivity index (χ3n) is 7.21. The largest absolute Gasteiger partial charge is 0.508 e. The van der Waals surface area contributed by atoms with Gasteiger partial charge in [-0.15, -0.1) is 0 Å². The van der Waals surface area contributed by atoms with E-state index in [0.29, 0.717) is 34.2 Å². The van der Waals surface area contributed by atoms with E-state index >= 15 is 0 Å². The van der Waals surface area contributed by atoms with Gasteiger partial charge >= 0.3 is 18.3 Å². The normalized spacial score (nSPS) is 13.9. The van der Waals surface area contributed by atoms with Gasteiger partial charge in [0.1, 0.15) is 24.4 Å². The summed E-state index contributed by atoms with van der Waals surface area (Å²) in [5.41, 5.74) is 4.15. The van der Waals surface area contributed by atoms with E-state index < -0.39 is 71.6 Å². The number of aromatic amines is 1. The van der Waals surface area contributed by atoms with Gasteiger partial charge in [0, 0.05) is 23.5 Å². The van der Waals surface area contributed by atoms with Gasteiger partial charge in [0.25, 0.3) is 0 Å². The van der Waals surface area contributed by atoms with Crippen LogP contribution in [0.15, 0.2) is 72.9 Å². The first kappa shape index (κ1) is 34.8. The first-order valence-electron chi connectivity index (χ1n) is 14.2. The van der Waals surface area contributed by atoms with Crippen molar-refractivity contribution in [1.82, 2.24) is 15.6 Å². The van der Waals surface area contributed by atoms with Crippen LogP contribution in [0.1, 0.15) is 34.7 Å². The number of H-pyrrole nitrogens is 1. The number of para-hydroxylation sites is 1. The molecule has 0 saturated carbocycles. The molecule has 1 aromatic heterocycles. The highest BCUT2D eigenvalue weighted by molar-refractivity contribution is 5.92. The van der Waals surface area contributed by atoms with Crippen LogP contribution >= 0.6 is 0 Å². The Morgan fingerprint density at radius 2 is 1.47 bits per heavy atom. The van der Waals surface area contributed by atoms with Crippen LogP contribution in [0, 0.1) is 0 Å². The summed E-state index contributed by atoms with van der Waals surface area (Å²) in [6, 6.07) is 10.1. The molecule has 0 unspecified atom stereocenters. The van der Waals surface area contributed by atoms with Crippen LogP contribution < -0.4 is 16.4 Å². The van der Waals surface area contributed by atoms with Crippen LogP contribution in [-0.2, 0) is 50.9 Å². The van der Waals surface area contributed by atoms with Crippen molar-refractivity contribution >= 4 is 28.7 Å². The second-order valence-corrected chi connectivity index (χ2v) is 10.9. The molecule has 2 amide bonds. The molecule has 250 valence electrons. The molecule has 0 fully saturated rings.